The topological polar surface area (TPSA) is 102 Å². The summed E-state index contributed by atoms with van der Waals surface area (Å²) in [6, 6.07) is 13.4. The summed E-state index contributed by atoms with van der Waals surface area (Å²) >= 11 is 1.58. The average molecular weight is 414 g/mol. The smallest absolute Gasteiger partial charge is 0.306 e. The molecule has 0 bridgehead atoms. The Morgan fingerprint density at radius 2 is 1.52 bits per heavy atom. The highest BCUT2D eigenvalue weighted by Crippen LogP contribution is 2.16. The minimum atomic E-state index is -0.621. The first-order chi connectivity index (χ1) is 13.9. The Bertz CT molecular complexity index is 879. The van der Waals surface area contributed by atoms with E-state index in [4.69, 9.17) is 4.74 Å². The first kappa shape index (κ1) is 22.2. The van der Waals surface area contributed by atoms with Crippen molar-refractivity contribution in [2.45, 2.75) is 17.7 Å². The zero-order valence-electron chi connectivity index (χ0n) is 16.2. The number of Topliss-reactive ketones (excluding diaryl/α,β-unsaturated/α-hetero) is 1. The predicted molar refractivity (Wildman–Crippen MR) is 111 cm³/mol. The van der Waals surface area contributed by atoms with E-state index in [1.807, 2.05) is 18.4 Å². The lowest BCUT2D eigenvalue weighted by molar-refractivity contribution is -0.147. The van der Waals surface area contributed by atoms with E-state index in [1.54, 1.807) is 48.2 Å². The molecular formula is C21H22N2O5S. The number of ether oxygens (including phenoxy) is 1. The van der Waals surface area contributed by atoms with Crippen LogP contribution in [0, 0.1) is 0 Å². The molecule has 2 aromatic carbocycles. The van der Waals surface area contributed by atoms with Gasteiger partial charge in [-0.05, 0) is 42.7 Å². The fourth-order valence-corrected chi connectivity index (χ4v) is 2.81. The van der Waals surface area contributed by atoms with E-state index in [1.165, 1.54) is 7.05 Å². The van der Waals surface area contributed by atoms with Crippen molar-refractivity contribution in [3.05, 3.63) is 59.7 Å². The van der Waals surface area contributed by atoms with Crippen LogP contribution in [-0.4, -0.2) is 43.5 Å². The van der Waals surface area contributed by atoms with Gasteiger partial charge in [0.05, 0.1) is 6.42 Å². The van der Waals surface area contributed by atoms with Crippen LogP contribution >= 0.6 is 11.8 Å². The van der Waals surface area contributed by atoms with E-state index in [0.717, 1.165) is 4.90 Å². The number of esters is 1. The highest BCUT2D eigenvalue weighted by Gasteiger charge is 2.12. The lowest BCUT2D eigenvalue weighted by atomic mass is 10.1. The van der Waals surface area contributed by atoms with Gasteiger partial charge in [0.25, 0.3) is 11.8 Å². The van der Waals surface area contributed by atoms with Gasteiger partial charge in [-0.1, -0.05) is 12.1 Å². The van der Waals surface area contributed by atoms with Crippen LogP contribution in [0.5, 0.6) is 0 Å². The van der Waals surface area contributed by atoms with Crippen molar-refractivity contribution in [1.29, 1.82) is 0 Å². The van der Waals surface area contributed by atoms with Gasteiger partial charge in [0.1, 0.15) is 0 Å². The maximum Gasteiger partial charge on any atom is 0.306 e. The molecular weight excluding hydrogens is 392 g/mol. The molecule has 2 amide bonds. The van der Waals surface area contributed by atoms with Crippen LogP contribution in [0.25, 0.3) is 0 Å². The van der Waals surface area contributed by atoms with Crippen molar-refractivity contribution in [2.75, 3.05) is 25.2 Å². The number of benzene rings is 2. The van der Waals surface area contributed by atoms with Crippen molar-refractivity contribution in [2.24, 2.45) is 0 Å². The molecule has 0 fully saturated rings. The fourth-order valence-electron chi connectivity index (χ4n) is 2.40. The number of rotatable bonds is 9. The van der Waals surface area contributed by atoms with Crippen molar-refractivity contribution < 1.29 is 23.9 Å². The molecule has 0 aliphatic heterocycles. The minimum absolute atomic E-state index is 0.0139. The summed E-state index contributed by atoms with van der Waals surface area (Å²) < 4.78 is 4.91. The first-order valence-corrected chi connectivity index (χ1v) is 10.1. The summed E-state index contributed by atoms with van der Waals surface area (Å²) in [4.78, 5) is 48.3. The van der Waals surface area contributed by atoms with Crippen LogP contribution in [-0.2, 0) is 14.3 Å². The predicted octanol–water partition coefficient (Wildman–Crippen LogP) is 2.91. The second-order valence-electron chi connectivity index (χ2n) is 6.02. The van der Waals surface area contributed by atoms with Crippen LogP contribution in [0.3, 0.4) is 0 Å². The van der Waals surface area contributed by atoms with E-state index >= 15 is 0 Å². The van der Waals surface area contributed by atoms with E-state index < -0.39 is 18.5 Å². The number of nitrogens with one attached hydrogen (secondary N) is 2. The zero-order chi connectivity index (χ0) is 21.2. The van der Waals surface area contributed by atoms with Gasteiger partial charge in [-0.3, -0.25) is 19.2 Å². The zero-order valence-corrected chi connectivity index (χ0v) is 17.0. The summed E-state index contributed by atoms with van der Waals surface area (Å²) in [7, 11) is 1.53. The first-order valence-electron chi connectivity index (χ1n) is 8.88. The van der Waals surface area contributed by atoms with Crippen LogP contribution < -0.4 is 10.6 Å². The third-order valence-electron chi connectivity index (χ3n) is 3.99. The number of carbonyl (C=O) groups excluding carboxylic acids is 4. The molecule has 0 spiro atoms. The van der Waals surface area contributed by atoms with Gasteiger partial charge >= 0.3 is 5.97 Å². The molecule has 0 heterocycles. The second-order valence-corrected chi connectivity index (χ2v) is 6.90. The summed E-state index contributed by atoms with van der Waals surface area (Å²) in [5, 5.41) is 5.07. The molecule has 2 aromatic rings. The van der Waals surface area contributed by atoms with Crippen molar-refractivity contribution >= 4 is 41.0 Å². The van der Waals surface area contributed by atoms with Crippen LogP contribution in [0.4, 0.5) is 5.69 Å². The Morgan fingerprint density at radius 1 is 0.897 bits per heavy atom. The molecule has 0 aliphatic rings. The van der Waals surface area contributed by atoms with Gasteiger partial charge in [-0.2, -0.15) is 0 Å². The van der Waals surface area contributed by atoms with Crippen LogP contribution in [0.15, 0.2) is 53.4 Å². The number of carbonyl (C=O) groups is 4. The van der Waals surface area contributed by atoms with E-state index in [0.29, 0.717) is 16.8 Å². The van der Waals surface area contributed by atoms with Crippen molar-refractivity contribution in [3.8, 4) is 0 Å². The summed E-state index contributed by atoms with van der Waals surface area (Å²) in [6.45, 7) is -0.452. The number of amides is 2. The molecule has 0 radical (unpaired) electrons. The summed E-state index contributed by atoms with van der Waals surface area (Å²) in [6.07, 6.45) is 1.86. The van der Waals surface area contributed by atoms with Gasteiger partial charge in [0.15, 0.2) is 12.4 Å². The van der Waals surface area contributed by atoms with Gasteiger partial charge in [0, 0.05) is 35.2 Å². The Kier molecular flexibility index (Phi) is 8.42. The number of ketones is 1. The Labute approximate surface area is 173 Å². The number of thioether (sulfide) groups is 1. The van der Waals surface area contributed by atoms with E-state index in [9.17, 15) is 19.2 Å². The quantitative estimate of drug-likeness (QED) is 0.372. The van der Waals surface area contributed by atoms with Gasteiger partial charge < -0.3 is 15.4 Å². The molecule has 8 heteroatoms. The second kappa shape index (κ2) is 11.0. The van der Waals surface area contributed by atoms with Gasteiger partial charge in [0.2, 0.25) is 0 Å². The Morgan fingerprint density at radius 3 is 2.10 bits per heavy atom. The lowest BCUT2D eigenvalue weighted by Crippen LogP contribution is -2.21. The van der Waals surface area contributed by atoms with Crippen molar-refractivity contribution in [3.63, 3.8) is 0 Å². The molecule has 0 atom stereocenters. The molecule has 7 nitrogen and oxygen atoms in total. The molecule has 0 saturated carbocycles. The third kappa shape index (κ3) is 7.08. The summed E-state index contributed by atoms with van der Waals surface area (Å²) in [5.74, 6) is -1.52. The SMILES string of the molecule is CNC(=O)c1ccc(NC(=O)COC(=O)CCC(=O)c2ccc(SC)cc2)cc1. The monoisotopic (exact) mass is 414 g/mol. The molecule has 0 aromatic heterocycles. The van der Waals surface area contributed by atoms with Gasteiger partial charge in [-0.25, -0.2) is 0 Å². The molecule has 2 rings (SSSR count). The number of anilines is 1. The van der Waals surface area contributed by atoms with E-state index in [-0.39, 0.29) is 24.5 Å². The largest absolute Gasteiger partial charge is 0.456 e. The highest BCUT2D eigenvalue weighted by molar-refractivity contribution is 7.98. The maximum absolute atomic E-state index is 12.1. The molecule has 2 N–H and O–H groups in total. The fraction of sp³-hybridized carbons (Fsp3) is 0.238. The third-order valence-corrected chi connectivity index (χ3v) is 4.73. The maximum atomic E-state index is 12.1. The van der Waals surface area contributed by atoms with Crippen LogP contribution in [0.1, 0.15) is 33.6 Å². The van der Waals surface area contributed by atoms with Gasteiger partial charge in [-0.15, -0.1) is 11.8 Å². The van der Waals surface area contributed by atoms with Crippen LogP contribution in [0.2, 0.25) is 0 Å². The Balaban J connectivity index is 1.73. The lowest BCUT2D eigenvalue weighted by Gasteiger charge is -2.07. The molecule has 152 valence electrons. The normalized spacial score (nSPS) is 10.1. The Hall–Kier alpha value is -3.13. The highest BCUT2D eigenvalue weighted by atomic mass is 32.2. The molecule has 0 unspecified atom stereocenters. The minimum Gasteiger partial charge on any atom is -0.456 e. The molecule has 0 aliphatic carbocycles. The molecule has 29 heavy (non-hydrogen) atoms. The van der Waals surface area contributed by atoms with Crippen molar-refractivity contribution in [1.82, 2.24) is 5.32 Å². The standard InChI is InChI=1S/C21H22N2O5S/c1-22-21(27)15-3-7-16(8-4-15)23-19(25)13-28-20(26)12-11-18(24)14-5-9-17(29-2)10-6-14/h3-10H,11-13H2,1-2H3,(H,22,27)(H,23,25). The number of hydrogen-bond donors (Lipinski definition) is 2. The average Bonchev–Trinajstić information content (AvgIpc) is 2.76. The molecule has 0 saturated heterocycles. The summed E-state index contributed by atoms with van der Waals surface area (Å²) in [5.41, 5.74) is 1.47. The number of hydrogen-bond acceptors (Lipinski definition) is 6. The van der Waals surface area contributed by atoms with E-state index in [2.05, 4.69) is 10.6 Å².